The largest absolute Gasteiger partial charge is 0.468 e. The first-order valence-corrected chi connectivity index (χ1v) is 9.59. The Kier molecular flexibility index (Phi) is 8.82. The number of aliphatic imine (C=N–C) groups is 1. The highest BCUT2D eigenvalue weighted by Gasteiger charge is 2.28. The van der Waals surface area contributed by atoms with E-state index in [0.29, 0.717) is 12.5 Å². The van der Waals surface area contributed by atoms with E-state index in [0.717, 1.165) is 57.1 Å². The Hall–Kier alpha value is -2.03. The molecular weight excluding hydrogens is 373 g/mol. The lowest BCUT2D eigenvalue weighted by Gasteiger charge is -2.26. The van der Waals surface area contributed by atoms with Crippen LogP contribution in [0.15, 0.2) is 23.3 Å². The van der Waals surface area contributed by atoms with Crippen molar-refractivity contribution in [3.05, 3.63) is 23.9 Å². The molecule has 0 aromatic carbocycles. The van der Waals surface area contributed by atoms with E-state index in [9.17, 15) is 13.2 Å². The number of nitrogens with zero attached hydrogens (tertiary/aromatic N) is 3. The van der Waals surface area contributed by atoms with Gasteiger partial charge in [0, 0.05) is 45.6 Å². The normalized spacial score (nSPS) is 16.1. The van der Waals surface area contributed by atoms with Gasteiger partial charge in [-0.2, -0.15) is 13.2 Å². The Balaban J connectivity index is 1.91. The number of hydrogen-bond acceptors (Lipinski definition) is 4. The smallest absolute Gasteiger partial charge is 0.422 e. The van der Waals surface area contributed by atoms with Gasteiger partial charge in [-0.3, -0.25) is 0 Å². The van der Waals surface area contributed by atoms with E-state index in [2.05, 4.69) is 20.2 Å². The lowest BCUT2D eigenvalue weighted by molar-refractivity contribution is -0.154. The molecule has 158 valence electrons. The first-order valence-electron chi connectivity index (χ1n) is 9.59. The molecule has 1 fully saturated rings. The second kappa shape index (κ2) is 11.1. The molecule has 1 aliphatic rings. The number of nitrogens with one attached hydrogen (secondary N) is 1. The molecule has 1 N–H and O–H groups in total. The summed E-state index contributed by atoms with van der Waals surface area (Å²) in [5.41, 5.74) is 0.736. The lowest BCUT2D eigenvalue weighted by Crippen LogP contribution is -2.40. The Morgan fingerprint density at radius 2 is 2.14 bits per heavy atom. The van der Waals surface area contributed by atoms with Gasteiger partial charge < -0.3 is 19.7 Å². The van der Waals surface area contributed by atoms with Gasteiger partial charge in [0.05, 0.1) is 6.54 Å². The van der Waals surface area contributed by atoms with E-state index in [4.69, 9.17) is 9.47 Å². The van der Waals surface area contributed by atoms with Crippen molar-refractivity contribution in [3.63, 3.8) is 0 Å². The van der Waals surface area contributed by atoms with Crippen molar-refractivity contribution in [2.24, 2.45) is 10.9 Å². The molecule has 0 radical (unpaired) electrons. The summed E-state index contributed by atoms with van der Waals surface area (Å²) >= 11 is 0. The van der Waals surface area contributed by atoms with Gasteiger partial charge in [0.1, 0.15) is 0 Å². The zero-order valence-corrected chi connectivity index (χ0v) is 16.5. The van der Waals surface area contributed by atoms with Crippen molar-refractivity contribution in [1.29, 1.82) is 0 Å². The molecule has 28 heavy (non-hydrogen) atoms. The molecule has 0 unspecified atom stereocenters. The van der Waals surface area contributed by atoms with Gasteiger partial charge in [0.2, 0.25) is 5.88 Å². The molecule has 0 saturated carbocycles. The molecule has 0 amide bonds. The number of aromatic nitrogens is 1. The molecule has 6 nitrogen and oxygen atoms in total. The third-order valence-corrected chi connectivity index (χ3v) is 4.50. The third kappa shape index (κ3) is 8.33. The van der Waals surface area contributed by atoms with Crippen molar-refractivity contribution in [2.45, 2.75) is 38.9 Å². The van der Waals surface area contributed by atoms with E-state index in [1.165, 1.54) is 12.3 Å². The number of ether oxygens (including phenoxy) is 2. The van der Waals surface area contributed by atoms with Gasteiger partial charge in [-0.15, -0.1) is 0 Å². The molecule has 0 bridgehead atoms. The van der Waals surface area contributed by atoms with Gasteiger partial charge in [-0.05, 0) is 43.7 Å². The van der Waals surface area contributed by atoms with Crippen LogP contribution in [0.3, 0.4) is 0 Å². The summed E-state index contributed by atoms with van der Waals surface area (Å²) in [7, 11) is 1.99. The van der Waals surface area contributed by atoms with E-state index < -0.39 is 12.8 Å². The van der Waals surface area contributed by atoms with Crippen molar-refractivity contribution in [3.8, 4) is 5.88 Å². The van der Waals surface area contributed by atoms with Crippen LogP contribution in [0.1, 0.15) is 31.7 Å². The average molecular weight is 402 g/mol. The van der Waals surface area contributed by atoms with Crippen LogP contribution in [0.25, 0.3) is 0 Å². The summed E-state index contributed by atoms with van der Waals surface area (Å²) in [5.74, 6) is 1.39. The second-order valence-electron chi connectivity index (χ2n) is 6.84. The molecule has 0 aliphatic carbocycles. The zero-order chi connectivity index (χ0) is 20.4. The Labute approximate surface area is 164 Å². The third-order valence-electron chi connectivity index (χ3n) is 4.50. The minimum Gasteiger partial charge on any atom is -0.468 e. The van der Waals surface area contributed by atoms with Crippen LogP contribution in [0, 0.1) is 5.92 Å². The molecule has 0 spiro atoms. The second-order valence-corrected chi connectivity index (χ2v) is 6.84. The molecule has 2 heterocycles. The maximum absolute atomic E-state index is 12.3. The maximum atomic E-state index is 12.3. The summed E-state index contributed by atoms with van der Waals surface area (Å²) in [6.07, 6.45) is 0.313. The summed E-state index contributed by atoms with van der Waals surface area (Å²) in [6, 6.07) is 3.20. The number of alkyl halides is 3. The first-order chi connectivity index (χ1) is 13.4. The van der Waals surface area contributed by atoms with Crippen LogP contribution < -0.4 is 10.1 Å². The van der Waals surface area contributed by atoms with E-state index in [1.807, 2.05) is 14.0 Å². The monoisotopic (exact) mass is 402 g/mol. The van der Waals surface area contributed by atoms with E-state index in [1.54, 1.807) is 6.07 Å². The highest BCUT2D eigenvalue weighted by Crippen LogP contribution is 2.19. The fourth-order valence-electron chi connectivity index (χ4n) is 2.94. The summed E-state index contributed by atoms with van der Waals surface area (Å²) in [4.78, 5) is 10.5. The molecule has 1 aliphatic heterocycles. The molecular formula is C19H29F3N4O2. The summed E-state index contributed by atoms with van der Waals surface area (Å²) in [5, 5.41) is 3.26. The molecule has 1 aromatic rings. The van der Waals surface area contributed by atoms with Crippen LogP contribution in [0.5, 0.6) is 5.88 Å². The van der Waals surface area contributed by atoms with Crippen LogP contribution in [-0.4, -0.2) is 62.0 Å². The summed E-state index contributed by atoms with van der Waals surface area (Å²) < 4.78 is 46.9. The number of rotatable bonds is 8. The van der Waals surface area contributed by atoms with E-state index >= 15 is 0 Å². The van der Waals surface area contributed by atoms with Gasteiger partial charge >= 0.3 is 6.18 Å². The lowest BCUT2D eigenvalue weighted by atomic mass is 9.96. The predicted molar refractivity (Wildman–Crippen MR) is 101 cm³/mol. The fraction of sp³-hybridized carbons (Fsp3) is 0.684. The van der Waals surface area contributed by atoms with Gasteiger partial charge in [0.15, 0.2) is 12.6 Å². The van der Waals surface area contributed by atoms with Crippen LogP contribution >= 0.6 is 0 Å². The number of hydrogen-bond donors (Lipinski definition) is 1. The maximum Gasteiger partial charge on any atom is 0.422 e. The van der Waals surface area contributed by atoms with Crippen LogP contribution in [-0.2, 0) is 11.3 Å². The number of halogens is 3. The minimum atomic E-state index is -4.39. The van der Waals surface area contributed by atoms with Crippen LogP contribution in [0.4, 0.5) is 13.2 Å². The summed E-state index contributed by atoms with van der Waals surface area (Å²) in [6.45, 7) is 4.26. The quantitative estimate of drug-likeness (QED) is 0.534. The highest BCUT2D eigenvalue weighted by molar-refractivity contribution is 5.79. The Morgan fingerprint density at radius 3 is 2.82 bits per heavy atom. The SMILES string of the molecule is CCNC(=NCc1ccnc(OCC(F)(F)F)c1)N(C)CCC1CCOCC1. The predicted octanol–water partition coefficient (Wildman–Crippen LogP) is 3.24. The average Bonchev–Trinajstić information content (AvgIpc) is 2.68. The van der Waals surface area contributed by atoms with Gasteiger partial charge in [-0.1, -0.05) is 0 Å². The highest BCUT2D eigenvalue weighted by atomic mass is 19.4. The van der Waals surface area contributed by atoms with Gasteiger partial charge in [0.25, 0.3) is 0 Å². The molecule has 1 saturated heterocycles. The Morgan fingerprint density at radius 1 is 1.39 bits per heavy atom. The molecule has 2 rings (SSSR count). The van der Waals surface area contributed by atoms with Crippen molar-refractivity contribution < 1.29 is 22.6 Å². The van der Waals surface area contributed by atoms with E-state index in [-0.39, 0.29) is 5.88 Å². The molecule has 9 heteroatoms. The van der Waals surface area contributed by atoms with Crippen molar-refractivity contribution in [1.82, 2.24) is 15.2 Å². The number of guanidine groups is 1. The first kappa shape index (κ1) is 22.3. The molecule has 1 aromatic heterocycles. The van der Waals surface area contributed by atoms with Crippen molar-refractivity contribution in [2.75, 3.05) is 40.0 Å². The number of pyridine rings is 1. The minimum absolute atomic E-state index is 0.0529. The van der Waals surface area contributed by atoms with Crippen LogP contribution in [0.2, 0.25) is 0 Å². The standard InChI is InChI=1S/C19H29F3N4O2/c1-3-23-18(26(2)9-5-15-6-10-27-11-7-15)25-13-16-4-8-24-17(12-16)28-14-19(20,21)22/h4,8,12,15H,3,5-7,9-11,13-14H2,1-2H3,(H,23,25). The van der Waals surface area contributed by atoms with Crippen molar-refractivity contribution >= 4 is 5.96 Å². The zero-order valence-electron chi connectivity index (χ0n) is 16.5. The Bertz CT molecular complexity index is 619. The van der Waals surface area contributed by atoms with Gasteiger partial charge in [-0.25, -0.2) is 9.98 Å². The fourth-order valence-corrected chi connectivity index (χ4v) is 2.94. The molecule has 0 atom stereocenters. The topological polar surface area (TPSA) is 59.0 Å².